The molecule has 0 aromatic heterocycles. The summed E-state index contributed by atoms with van der Waals surface area (Å²) in [6.45, 7) is 9.44. The smallest absolute Gasteiger partial charge is 0.0411 e. The average molecular weight is 515 g/mol. The van der Waals surface area contributed by atoms with Gasteiger partial charge in [-0.3, -0.25) is 0 Å². The molecular weight excluding hydrogens is 444 g/mol. The molecule has 37 heavy (non-hydrogen) atoms. The standard InChI is InChI=1S/C20H38.C17H32/c1-3-5-17-7-11-19(12-8-17)15-16-20-13-9-18(6-4-2)10-14-20;1-3-14-5-9-16(10-6-14)13-17-11-7-15(4-2)8-12-17/h17-20H,3-16H2,1-2H3;14-17H,3-13H2,1-2H3. The van der Waals surface area contributed by atoms with Gasteiger partial charge in [-0.2, -0.15) is 0 Å². The van der Waals surface area contributed by atoms with E-state index in [2.05, 4.69) is 27.7 Å². The lowest BCUT2D eigenvalue weighted by Crippen LogP contribution is -2.20. The fourth-order valence-electron chi connectivity index (χ4n) is 9.13. The summed E-state index contributed by atoms with van der Waals surface area (Å²) in [6.07, 6.45) is 38.0. The number of rotatable bonds is 11. The lowest BCUT2D eigenvalue weighted by Gasteiger charge is -2.33. The normalized spacial score (nSPS) is 37.0. The summed E-state index contributed by atoms with van der Waals surface area (Å²) in [5, 5.41) is 0. The molecule has 0 heterocycles. The van der Waals surface area contributed by atoms with Crippen molar-refractivity contribution in [2.75, 3.05) is 0 Å². The molecule has 0 aromatic rings. The van der Waals surface area contributed by atoms with Gasteiger partial charge in [-0.1, -0.05) is 182 Å². The summed E-state index contributed by atoms with van der Waals surface area (Å²) in [4.78, 5) is 0. The molecule has 0 saturated heterocycles. The SMILES string of the molecule is CCC1CCC(CC2CCC(CC)CC2)CC1.CCCC1CCC(CCC2CCC(CCC)CC2)CC1. The van der Waals surface area contributed by atoms with Crippen molar-refractivity contribution in [2.24, 2.45) is 47.3 Å². The molecule has 4 rings (SSSR count). The van der Waals surface area contributed by atoms with Gasteiger partial charge in [-0.25, -0.2) is 0 Å². The summed E-state index contributed by atoms with van der Waals surface area (Å²) in [5.41, 5.74) is 0. The molecule has 4 fully saturated rings. The molecule has 0 bridgehead atoms. The second kappa shape index (κ2) is 18.4. The molecule has 0 aliphatic heterocycles. The lowest BCUT2D eigenvalue weighted by atomic mass is 9.72. The Balaban J connectivity index is 0.000000208. The molecule has 4 aliphatic carbocycles. The van der Waals surface area contributed by atoms with E-state index in [-0.39, 0.29) is 0 Å². The van der Waals surface area contributed by atoms with Crippen LogP contribution in [0.3, 0.4) is 0 Å². The van der Waals surface area contributed by atoms with Crippen molar-refractivity contribution < 1.29 is 0 Å². The molecule has 0 radical (unpaired) electrons. The summed E-state index contributed by atoms with van der Waals surface area (Å²) in [5.74, 6) is 8.69. The highest BCUT2D eigenvalue weighted by Crippen LogP contribution is 2.40. The van der Waals surface area contributed by atoms with Crippen molar-refractivity contribution in [2.45, 2.75) is 188 Å². The molecule has 0 heteroatoms. The third-order valence-electron chi connectivity index (χ3n) is 12.1. The zero-order chi connectivity index (χ0) is 26.3. The van der Waals surface area contributed by atoms with Gasteiger partial charge in [0.05, 0.1) is 0 Å². The van der Waals surface area contributed by atoms with Crippen LogP contribution in [0.4, 0.5) is 0 Å². The van der Waals surface area contributed by atoms with Gasteiger partial charge in [0.25, 0.3) is 0 Å². The van der Waals surface area contributed by atoms with Gasteiger partial charge in [0.1, 0.15) is 0 Å². The predicted octanol–water partition coefficient (Wildman–Crippen LogP) is 12.8. The summed E-state index contributed by atoms with van der Waals surface area (Å²) >= 11 is 0. The summed E-state index contributed by atoms with van der Waals surface area (Å²) < 4.78 is 0. The van der Waals surface area contributed by atoms with Crippen LogP contribution in [0.5, 0.6) is 0 Å². The Morgan fingerprint density at radius 1 is 0.297 bits per heavy atom. The third-order valence-corrected chi connectivity index (χ3v) is 12.1. The van der Waals surface area contributed by atoms with Crippen molar-refractivity contribution in [1.82, 2.24) is 0 Å². The quantitative estimate of drug-likeness (QED) is 0.257. The van der Waals surface area contributed by atoms with Crippen molar-refractivity contribution in [3.63, 3.8) is 0 Å². The van der Waals surface area contributed by atoms with Crippen molar-refractivity contribution in [1.29, 1.82) is 0 Å². The molecule has 0 spiro atoms. The van der Waals surface area contributed by atoms with Crippen LogP contribution in [-0.2, 0) is 0 Å². The van der Waals surface area contributed by atoms with E-state index in [1.165, 1.54) is 64.2 Å². The van der Waals surface area contributed by atoms with E-state index in [0.717, 1.165) is 47.3 Å². The molecule has 218 valence electrons. The zero-order valence-electron chi connectivity index (χ0n) is 26.3. The van der Waals surface area contributed by atoms with E-state index in [1.54, 1.807) is 96.3 Å². The fourth-order valence-corrected chi connectivity index (χ4v) is 9.13. The first-order chi connectivity index (χ1) is 18.1. The van der Waals surface area contributed by atoms with Crippen molar-refractivity contribution in [3.05, 3.63) is 0 Å². The van der Waals surface area contributed by atoms with Crippen molar-refractivity contribution >= 4 is 0 Å². The van der Waals surface area contributed by atoms with Gasteiger partial charge in [0, 0.05) is 0 Å². The van der Waals surface area contributed by atoms with E-state index in [0.29, 0.717) is 0 Å². The van der Waals surface area contributed by atoms with Crippen LogP contribution >= 0.6 is 0 Å². The minimum absolute atomic E-state index is 1.07. The van der Waals surface area contributed by atoms with Crippen LogP contribution in [0.15, 0.2) is 0 Å². The summed E-state index contributed by atoms with van der Waals surface area (Å²) in [6, 6.07) is 0. The topological polar surface area (TPSA) is 0 Å². The van der Waals surface area contributed by atoms with Gasteiger partial charge >= 0.3 is 0 Å². The maximum atomic E-state index is 2.37. The highest BCUT2D eigenvalue weighted by Gasteiger charge is 2.26. The molecule has 0 unspecified atom stereocenters. The minimum Gasteiger partial charge on any atom is -0.0654 e. The lowest BCUT2D eigenvalue weighted by molar-refractivity contribution is 0.188. The summed E-state index contributed by atoms with van der Waals surface area (Å²) in [7, 11) is 0. The molecule has 0 aromatic carbocycles. The highest BCUT2D eigenvalue weighted by atomic mass is 14.3. The van der Waals surface area contributed by atoms with Gasteiger partial charge in [0.15, 0.2) is 0 Å². The second-order valence-corrected chi connectivity index (χ2v) is 14.8. The van der Waals surface area contributed by atoms with E-state index in [1.807, 2.05) is 0 Å². The maximum absolute atomic E-state index is 2.37. The van der Waals surface area contributed by atoms with Crippen LogP contribution in [0.2, 0.25) is 0 Å². The first-order valence-electron chi connectivity index (χ1n) is 18.1. The Labute approximate surface area is 235 Å². The Kier molecular flexibility index (Phi) is 15.7. The number of hydrogen-bond donors (Lipinski definition) is 0. The van der Waals surface area contributed by atoms with Gasteiger partial charge in [-0.05, 0) is 53.8 Å². The van der Waals surface area contributed by atoms with Gasteiger partial charge in [0.2, 0.25) is 0 Å². The van der Waals surface area contributed by atoms with Crippen molar-refractivity contribution in [3.8, 4) is 0 Å². The molecule has 0 atom stereocenters. The molecule has 4 aliphatic rings. The Hall–Kier alpha value is 0. The van der Waals surface area contributed by atoms with Gasteiger partial charge in [-0.15, -0.1) is 0 Å². The molecule has 4 saturated carbocycles. The molecule has 0 nitrogen and oxygen atoms in total. The van der Waals surface area contributed by atoms with E-state index in [9.17, 15) is 0 Å². The van der Waals surface area contributed by atoms with E-state index >= 15 is 0 Å². The van der Waals surface area contributed by atoms with Crippen LogP contribution in [0, 0.1) is 47.3 Å². The Bertz CT molecular complexity index is 470. The van der Waals surface area contributed by atoms with Crippen LogP contribution in [-0.4, -0.2) is 0 Å². The van der Waals surface area contributed by atoms with E-state index in [4.69, 9.17) is 0 Å². The maximum Gasteiger partial charge on any atom is -0.0411 e. The predicted molar refractivity (Wildman–Crippen MR) is 166 cm³/mol. The molecular formula is C37H70. The van der Waals surface area contributed by atoms with Crippen LogP contribution in [0.25, 0.3) is 0 Å². The van der Waals surface area contributed by atoms with E-state index < -0.39 is 0 Å². The average Bonchev–Trinajstić information content (AvgIpc) is 2.95. The molecule has 0 amide bonds. The highest BCUT2D eigenvalue weighted by molar-refractivity contribution is 4.79. The third kappa shape index (κ3) is 12.0. The van der Waals surface area contributed by atoms with Crippen LogP contribution < -0.4 is 0 Å². The van der Waals surface area contributed by atoms with Crippen LogP contribution in [0.1, 0.15) is 188 Å². The Morgan fingerprint density at radius 2 is 0.541 bits per heavy atom. The first-order valence-corrected chi connectivity index (χ1v) is 18.1. The Morgan fingerprint density at radius 3 is 0.811 bits per heavy atom. The zero-order valence-corrected chi connectivity index (χ0v) is 26.3. The first kappa shape index (κ1) is 31.5. The fraction of sp³-hybridized carbons (Fsp3) is 1.00. The monoisotopic (exact) mass is 515 g/mol. The largest absolute Gasteiger partial charge is 0.0654 e. The van der Waals surface area contributed by atoms with Gasteiger partial charge < -0.3 is 0 Å². The molecule has 0 N–H and O–H groups in total. The minimum atomic E-state index is 1.07. The second-order valence-electron chi connectivity index (χ2n) is 14.8. The number of hydrogen-bond acceptors (Lipinski definition) is 0.